The molecule has 1 N–H and O–H groups in total. The molecule has 0 saturated carbocycles. The number of hydrogen-bond acceptors (Lipinski definition) is 2. The maximum Gasteiger partial charge on any atom is 0.123 e. The Morgan fingerprint density at radius 2 is 2.10 bits per heavy atom. The van der Waals surface area contributed by atoms with Crippen LogP contribution >= 0.6 is 0 Å². The molecule has 1 heterocycles. The molecule has 2 nitrogen and oxygen atoms in total. The lowest BCUT2D eigenvalue weighted by Gasteiger charge is -2.33. The first kappa shape index (κ1) is 15.4. The highest BCUT2D eigenvalue weighted by molar-refractivity contribution is 5.44. The van der Waals surface area contributed by atoms with Gasteiger partial charge in [0.2, 0.25) is 0 Å². The highest BCUT2D eigenvalue weighted by atomic mass is 16.5. The van der Waals surface area contributed by atoms with Crippen LogP contribution in [0.5, 0.6) is 5.75 Å². The molecular formula is C18H28O2. The van der Waals surface area contributed by atoms with Crippen LogP contribution in [-0.2, 0) is 5.41 Å². The van der Waals surface area contributed by atoms with Crippen molar-refractivity contribution in [3.8, 4) is 5.75 Å². The number of aliphatic hydroxyl groups excluding tert-OH is 1. The molecule has 1 unspecified atom stereocenters. The van der Waals surface area contributed by atoms with Gasteiger partial charge in [0, 0.05) is 18.1 Å². The van der Waals surface area contributed by atoms with Gasteiger partial charge in [0.1, 0.15) is 5.75 Å². The summed E-state index contributed by atoms with van der Waals surface area (Å²) in [5, 5.41) is 9.68. The van der Waals surface area contributed by atoms with E-state index in [0.29, 0.717) is 0 Å². The third kappa shape index (κ3) is 3.35. The van der Waals surface area contributed by atoms with Crippen LogP contribution in [0.3, 0.4) is 0 Å². The third-order valence-corrected chi connectivity index (χ3v) is 4.57. The van der Waals surface area contributed by atoms with Crippen LogP contribution in [0.15, 0.2) is 18.2 Å². The van der Waals surface area contributed by atoms with Gasteiger partial charge in [-0.2, -0.15) is 0 Å². The fourth-order valence-electron chi connectivity index (χ4n) is 3.01. The smallest absolute Gasteiger partial charge is 0.123 e. The van der Waals surface area contributed by atoms with E-state index in [4.69, 9.17) is 4.74 Å². The molecule has 0 saturated heterocycles. The number of rotatable bonds is 6. The van der Waals surface area contributed by atoms with E-state index in [-0.39, 0.29) is 17.9 Å². The molecule has 2 heteroatoms. The van der Waals surface area contributed by atoms with Crippen LogP contribution in [0.4, 0.5) is 0 Å². The van der Waals surface area contributed by atoms with E-state index in [9.17, 15) is 5.11 Å². The maximum atomic E-state index is 9.68. The SMILES string of the molecule is CCCCCC(CO)c1ccc2c(c1)C(C)(C)CCO2. The van der Waals surface area contributed by atoms with E-state index >= 15 is 0 Å². The Bertz CT molecular complexity index is 437. The van der Waals surface area contributed by atoms with Crippen molar-refractivity contribution >= 4 is 0 Å². The zero-order chi connectivity index (χ0) is 14.6. The average Bonchev–Trinajstić information content (AvgIpc) is 2.43. The Kier molecular flexibility index (Phi) is 5.09. The fourth-order valence-corrected chi connectivity index (χ4v) is 3.01. The molecule has 0 fully saturated rings. The highest BCUT2D eigenvalue weighted by Gasteiger charge is 2.29. The second-order valence-electron chi connectivity index (χ2n) is 6.61. The van der Waals surface area contributed by atoms with E-state index in [0.717, 1.165) is 25.2 Å². The van der Waals surface area contributed by atoms with Gasteiger partial charge in [0.05, 0.1) is 6.61 Å². The monoisotopic (exact) mass is 276 g/mol. The summed E-state index contributed by atoms with van der Waals surface area (Å²) in [5.41, 5.74) is 2.74. The van der Waals surface area contributed by atoms with Crippen LogP contribution in [0.1, 0.15) is 69.9 Å². The van der Waals surface area contributed by atoms with Gasteiger partial charge in [-0.1, -0.05) is 52.2 Å². The lowest BCUT2D eigenvalue weighted by atomic mass is 9.78. The summed E-state index contributed by atoms with van der Waals surface area (Å²) in [5.74, 6) is 1.29. The van der Waals surface area contributed by atoms with E-state index in [2.05, 4.69) is 39.0 Å². The number of unbranched alkanes of at least 4 members (excludes halogenated alkanes) is 2. The van der Waals surface area contributed by atoms with Crippen LogP contribution in [0.25, 0.3) is 0 Å². The Hall–Kier alpha value is -1.02. The van der Waals surface area contributed by atoms with Gasteiger partial charge in [0.15, 0.2) is 0 Å². The Labute approximate surface area is 123 Å². The molecule has 0 amide bonds. The van der Waals surface area contributed by atoms with Crippen molar-refractivity contribution in [2.75, 3.05) is 13.2 Å². The summed E-state index contributed by atoms with van der Waals surface area (Å²) in [7, 11) is 0. The first-order chi connectivity index (χ1) is 9.58. The summed E-state index contributed by atoms with van der Waals surface area (Å²) in [6.45, 7) is 7.82. The summed E-state index contributed by atoms with van der Waals surface area (Å²) in [6, 6.07) is 6.49. The molecule has 1 aromatic carbocycles. The van der Waals surface area contributed by atoms with Crippen molar-refractivity contribution in [1.29, 1.82) is 0 Å². The van der Waals surface area contributed by atoms with Gasteiger partial charge in [-0.15, -0.1) is 0 Å². The molecule has 0 spiro atoms. The van der Waals surface area contributed by atoms with Gasteiger partial charge >= 0.3 is 0 Å². The molecule has 0 bridgehead atoms. The van der Waals surface area contributed by atoms with Gasteiger partial charge in [-0.05, 0) is 29.9 Å². The highest BCUT2D eigenvalue weighted by Crippen LogP contribution is 2.40. The van der Waals surface area contributed by atoms with Crippen LogP contribution < -0.4 is 4.74 Å². The summed E-state index contributed by atoms with van der Waals surface area (Å²) < 4.78 is 5.76. The van der Waals surface area contributed by atoms with Gasteiger partial charge in [0.25, 0.3) is 0 Å². The summed E-state index contributed by atoms with van der Waals surface area (Å²) in [4.78, 5) is 0. The lowest BCUT2D eigenvalue weighted by molar-refractivity contribution is 0.232. The first-order valence-corrected chi connectivity index (χ1v) is 7.96. The maximum absolute atomic E-state index is 9.68. The van der Waals surface area contributed by atoms with Crippen molar-refractivity contribution < 1.29 is 9.84 Å². The molecule has 2 rings (SSSR count). The van der Waals surface area contributed by atoms with Gasteiger partial charge in [-0.3, -0.25) is 0 Å². The minimum atomic E-state index is 0.174. The van der Waals surface area contributed by atoms with Crippen molar-refractivity contribution in [2.24, 2.45) is 0 Å². The Morgan fingerprint density at radius 1 is 1.30 bits per heavy atom. The lowest BCUT2D eigenvalue weighted by Crippen LogP contribution is -2.27. The number of fused-ring (bicyclic) bond motifs is 1. The van der Waals surface area contributed by atoms with Crippen molar-refractivity contribution in [3.05, 3.63) is 29.3 Å². The molecule has 1 atom stereocenters. The predicted octanol–water partition coefficient (Wildman–Crippen LogP) is 4.40. The van der Waals surface area contributed by atoms with E-state index in [1.807, 2.05) is 0 Å². The summed E-state index contributed by atoms with van der Waals surface area (Å²) >= 11 is 0. The third-order valence-electron chi connectivity index (χ3n) is 4.57. The van der Waals surface area contributed by atoms with Crippen molar-refractivity contribution in [3.63, 3.8) is 0 Å². The van der Waals surface area contributed by atoms with Crippen LogP contribution in [-0.4, -0.2) is 18.3 Å². The zero-order valence-corrected chi connectivity index (χ0v) is 13.1. The molecule has 1 aromatic rings. The quantitative estimate of drug-likeness (QED) is 0.780. The van der Waals surface area contributed by atoms with Crippen LogP contribution in [0, 0.1) is 0 Å². The molecular weight excluding hydrogens is 248 g/mol. The predicted molar refractivity (Wildman–Crippen MR) is 83.5 cm³/mol. The van der Waals surface area contributed by atoms with Gasteiger partial charge < -0.3 is 9.84 Å². The van der Waals surface area contributed by atoms with E-state index in [1.165, 1.54) is 30.4 Å². The minimum absolute atomic E-state index is 0.174. The first-order valence-electron chi connectivity index (χ1n) is 7.96. The topological polar surface area (TPSA) is 29.5 Å². The van der Waals surface area contributed by atoms with Crippen molar-refractivity contribution in [1.82, 2.24) is 0 Å². The standard InChI is InChI=1S/C18H28O2/c1-4-5-6-7-15(13-19)14-8-9-17-16(12-14)18(2,3)10-11-20-17/h8-9,12,15,19H,4-7,10-11,13H2,1-3H3. The number of benzene rings is 1. The van der Waals surface area contributed by atoms with Crippen LogP contribution in [0.2, 0.25) is 0 Å². The molecule has 1 aliphatic rings. The molecule has 0 radical (unpaired) electrons. The second kappa shape index (κ2) is 6.62. The molecule has 1 aliphatic heterocycles. The van der Waals surface area contributed by atoms with E-state index < -0.39 is 0 Å². The molecule has 112 valence electrons. The van der Waals surface area contributed by atoms with Gasteiger partial charge in [-0.25, -0.2) is 0 Å². The zero-order valence-electron chi connectivity index (χ0n) is 13.1. The molecule has 0 aromatic heterocycles. The minimum Gasteiger partial charge on any atom is -0.493 e. The summed E-state index contributed by atoms with van der Waals surface area (Å²) in [6.07, 6.45) is 5.80. The number of hydrogen-bond donors (Lipinski definition) is 1. The Morgan fingerprint density at radius 3 is 2.80 bits per heavy atom. The van der Waals surface area contributed by atoms with Crippen molar-refractivity contribution in [2.45, 2.75) is 64.2 Å². The second-order valence-corrected chi connectivity index (χ2v) is 6.61. The average molecular weight is 276 g/mol. The number of aliphatic hydroxyl groups is 1. The van der Waals surface area contributed by atoms with E-state index in [1.54, 1.807) is 0 Å². The normalized spacial score (nSPS) is 18.2. The molecule has 20 heavy (non-hydrogen) atoms. The Balaban J connectivity index is 2.20. The largest absolute Gasteiger partial charge is 0.493 e. The fraction of sp³-hybridized carbons (Fsp3) is 0.667. The number of ether oxygens (including phenoxy) is 1. The molecule has 0 aliphatic carbocycles.